The third kappa shape index (κ3) is 4.36. The maximum Gasteiger partial charge on any atom is 0.222 e. The highest BCUT2D eigenvalue weighted by atomic mass is 16.2. The lowest BCUT2D eigenvalue weighted by molar-refractivity contribution is -0.131. The van der Waals surface area contributed by atoms with Crippen molar-refractivity contribution >= 4 is 11.8 Å². The van der Waals surface area contributed by atoms with E-state index in [1.54, 1.807) is 13.1 Å². The average molecular weight is 395 g/mol. The van der Waals surface area contributed by atoms with Crippen LogP contribution in [0.1, 0.15) is 31.7 Å². The van der Waals surface area contributed by atoms with Crippen LogP contribution in [-0.2, 0) is 22.6 Å². The molecular formula is C23H30N4O2. The Kier molecular flexibility index (Phi) is 5.69. The van der Waals surface area contributed by atoms with Crippen molar-refractivity contribution in [3.63, 3.8) is 0 Å². The highest BCUT2D eigenvalue weighted by Crippen LogP contribution is 2.46. The van der Waals surface area contributed by atoms with Gasteiger partial charge in [-0.15, -0.1) is 0 Å². The molecule has 2 atom stereocenters. The second-order valence-electron chi connectivity index (χ2n) is 8.59. The second-order valence-corrected chi connectivity index (χ2v) is 8.59. The minimum atomic E-state index is 0.0269. The first-order chi connectivity index (χ1) is 14.1. The van der Waals surface area contributed by atoms with Crippen LogP contribution in [0, 0.1) is 11.3 Å². The SMILES string of the molecule is CC(=O)N1C[C@@H]2CN(C(=O)CCCn3cccn3)C[C@]2(CCc2ccccc2)C1. The van der Waals surface area contributed by atoms with Gasteiger partial charge in [0.15, 0.2) is 0 Å². The molecule has 0 radical (unpaired) electrons. The number of nitrogens with zero attached hydrogens (tertiary/aromatic N) is 4. The van der Waals surface area contributed by atoms with E-state index in [9.17, 15) is 9.59 Å². The fourth-order valence-electron chi connectivity index (χ4n) is 4.99. The Hall–Kier alpha value is -2.63. The quantitative estimate of drug-likeness (QED) is 0.725. The molecule has 0 spiro atoms. The summed E-state index contributed by atoms with van der Waals surface area (Å²) >= 11 is 0. The molecule has 2 aromatic rings. The van der Waals surface area contributed by atoms with E-state index >= 15 is 0 Å². The molecule has 0 bridgehead atoms. The number of aromatic nitrogens is 2. The van der Waals surface area contributed by atoms with E-state index in [-0.39, 0.29) is 17.2 Å². The molecule has 0 aliphatic carbocycles. The Labute approximate surface area is 172 Å². The standard InChI is InChI=1S/C23H30N4O2/c1-19(28)25-15-21-16-26(22(29)9-5-13-27-14-6-12-24-27)18-23(21,17-25)11-10-20-7-3-2-4-8-20/h2-4,6-8,12,14,21H,5,9-11,13,15-18H2,1H3/t21-,23+/m1/s1. The molecule has 6 heteroatoms. The maximum absolute atomic E-state index is 12.9. The number of rotatable bonds is 7. The van der Waals surface area contributed by atoms with E-state index in [0.29, 0.717) is 12.3 Å². The van der Waals surface area contributed by atoms with Gasteiger partial charge >= 0.3 is 0 Å². The monoisotopic (exact) mass is 394 g/mol. The summed E-state index contributed by atoms with van der Waals surface area (Å²) in [5.41, 5.74) is 1.35. The summed E-state index contributed by atoms with van der Waals surface area (Å²) in [5.74, 6) is 0.765. The molecule has 0 saturated carbocycles. The van der Waals surface area contributed by atoms with Crippen molar-refractivity contribution in [2.24, 2.45) is 11.3 Å². The van der Waals surface area contributed by atoms with Crippen molar-refractivity contribution in [1.29, 1.82) is 0 Å². The smallest absolute Gasteiger partial charge is 0.222 e. The number of benzene rings is 1. The van der Waals surface area contributed by atoms with E-state index in [1.807, 2.05) is 27.9 Å². The second kappa shape index (κ2) is 8.39. The third-order valence-corrected chi connectivity index (χ3v) is 6.65. The van der Waals surface area contributed by atoms with Gasteiger partial charge in [0, 0.05) is 69.8 Å². The van der Waals surface area contributed by atoms with E-state index < -0.39 is 0 Å². The predicted octanol–water partition coefficient (Wildman–Crippen LogP) is 2.60. The largest absolute Gasteiger partial charge is 0.342 e. The van der Waals surface area contributed by atoms with Crippen LogP contribution >= 0.6 is 0 Å². The first-order valence-corrected chi connectivity index (χ1v) is 10.6. The number of hydrogen-bond donors (Lipinski definition) is 0. The van der Waals surface area contributed by atoms with E-state index in [0.717, 1.165) is 52.0 Å². The zero-order valence-corrected chi connectivity index (χ0v) is 17.2. The molecule has 0 unspecified atom stereocenters. The third-order valence-electron chi connectivity index (χ3n) is 6.65. The molecular weight excluding hydrogens is 364 g/mol. The lowest BCUT2D eigenvalue weighted by Crippen LogP contribution is -2.38. The lowest BCUT2D eigenvalue weighted by atomic mass is 9.76. The summed E-state index contributed by atoms with van der Waals surface area (Å²) in [7, 11) is 0. The molecule has 29 heavy (non-hydrogen) atoms. The molecule has 154 valence electrons. The van der Waals surface area contributed by atoms with Crippen LogP contribution in [0.4, 0.5) is 0 Å². The van der Waals surface area contributed by atoms with Crippen LogP contribution < -0.4 is 0 Å². The summed E-state index contributed by atoms with van der Waals surface area (Å²) in [6.45, 7) is 5.53. The van der Waals surface area contributed by atoms with Crippen LogP contribution in [0.5, 0.6) is 0 Å². The maximum atomic E-state index is 12.9. The van der Waals surface area contributed by atoms with Crippen molar-refractivity contribution in [2.45, 2.75) is 39.2 Å². The zero-order chi connectivity index (χ0) is 20.3. The van der Waals surface area contributed by atoms with Gasteiger partial charge in [0.2, 0.25) is 11.8 Å². The summed E-state index contributed by atoms with van der Waals surface area (Å²) in [4.78, 5) is 28.9. The zero-order valence-electron chi connectivity index (χ0n) is 17.2. The van der Waals surface area contributed by atoms with Crippen LogP contribution in [-0.4, -0.2) is 57.6 Å². The molecule has 4 rings (SSSR count). The van der Waals surface area contributed by atoms with Crippen molar-refractivity contribution in [3.05, 3.63) is 54.4 Å². The first kappa shape index (κ1) is 19.7. The van der Waals surface area contributed by atoms with Crippen molar-refractivity contribution in [3.8, 4) is 0 Å². The van der Waals surface area contributed by atoms with Gasteiger partial charge in [-0.25, -0.2) is 0 Å². The van der Waals surface area contributed by atoms with E-state index in [4.69, 9.17) is 0 Å². The van der Waals surface area contributed by atoms with Gasteiger partial charge in [-0.1, -0.05) is 30.3 Å². The summed E-state index contributed by atoms with van der Waals surface area (Å²) in [6, 6.07) is 12.4. The van der Waals surface area contributed by atoms with E-state index in [2.05, 4.69) is 34.3 Å². The number of carbonyl (C=O) groups is 2. The highest BCUT2D eigenvalue weighted by Gasteiger charge is 2.53. The molecule has 2 aliphatic rings. The van der Waals surface area contributed by atoms with Crippen LogP contribution in [0.3, 0.4) is 0 Å². The summed E-state index contributed by atoms with van der Waals surface area (Å²) in [6.07, 6.45) is 7.06. The molecule has 2 fully saturated rings. The molecule has 2 amide bonds. The predicted molar refractivity (Wildman–Crippen MR) is 111 cm³/mol. The molecule has 1 aromatic heterocycles. The summed E-state index contributed by atoms with van der Waals surface area (Å²) < 4.78 is 1.87. The Morgan fingerprint density at radius 1 is 1.10 bits per heavy atom. The van der Waals surface area contributed by atoms with Gasteiger partial charge in [0.1, 0.15) is 0 Å². The number of likely N-dealkylation sites (tertiary alicyclic amines) is 2. The lowest BCUT2D eigenvalue weighted by Gasteiger charge is -2.29. The number of amides is 2. The minimum absolute atomic E-state index is 0.0269. The Bertz CT molecular complexity index is 836. The number of aryl methyl sites for hydroxylation is 2. The normalized spacial score (nSPS) is 23.4. The van der Waals surface area contributed by atoms with Crippen molar-refractivity contribution in [2.75, 3.05) is 26.2 Å². The van der Waals surface area contributed by atoms with Gasteiger partial charge in [-0.05, 0) is 30.9 Å². The minimum Gasteiger partial charge on any atom is -0.342 e. The van der Waals surface area contributed by atoms with Gasteiger partial charge in [0.25, 0.3) is 0 Å². The molecule has 0 N–H and O–H groups in total. The number of fused-ring (bicyclic) bond motifs is 1. The molecule has 1 aromatic carbocycles. The Morgan fingerprint density at radius 2 is 1.86 bits per heavy atom. The van der Waals surface area contributed by atoms with Crippen LogP contribution in [0.2, 0.25) is 0 Å². The Morgan fingerprint density at radius 3 is 2.59 bits per heavy atom. The summed E-state index contributed by atoms with van der Waals surface area (Å²) in [5, 5.41) is 4.20. The van der Waals surface area contributed by atoms with Crippen molar-refractivity contribution in [1.82, 2.24) is 19.6 Å². The molecule has 2 saturated heterocycles. The molecule has 3 heterocycles. The van der Waals surface area contributed by atoms with Gasteiger partial charge in [-0.3, -0.25) is 14.3 Å². The highest BCUT2D eigenvalue weighted by molar-refractivity contribution is 5.77. The van der Waals surface area contributed by atoms with Gasteiger partial charge < -0.3 is 9.80 Å². The fourth-order valence-corrected chi connectivity index (χ4v) is 4.99. The van der Waals surface area contributed by atoms with Gasteiger partial charge in [-0.2, -0.15) is 5.10 Å². The molecule has 2 aliphatic heterocycles. The molecule has 6 nitrogen and oxygen atoms in total. The average Bonchev–Trinajstić information content (AvgIpc) is 3.42. The van der Waals surface area contributed by atoms with Crippen LogP contribution in [0.25, 0.3) is 0 Å². The van der Waals surface area contributed by atoms with E-state index in [1.165, 1.54) is 5.56 Å². The van der Waals surface area contributed by atoms with Gasteiger partial charge in [0.05, 0.1) is 0 Å². The first-order valence-electron chi connectivity index (χ1n) is 10.6. The fraction of sp³-hybridized carbons (Fsp3) is 0.522. The van der Waals surface area contributed by atoms with Crippen molar-refractivity contribution < 1.29 is 9.59 Å². The number of carbonyl (C=O) groups excluding carboxylic acids is 2. The van der Waals surface area contributed by atoms with Crippen LogP contribution in [0.15, 0.2) is 48.8 Å². The number of hydrogen-bond acceptors (Lipinski definition) is 3. The Balaban J connectivity index is 1.38. The topological polar surface area (TPSA) is 58.4 Å².